The largest absolute Gasteiger partial charge is 0.474 e. The fraction of sp³-hybridized carbons (Fsp3) is 0.463. The van der Waals surface area contributed by atoms with E-state index >= 15 is 0 Å². The SMILES string of the molecule is C=CC(=C\C=C(/C)N1CCN(C(=C)OC(C)(C)C)CC1)/C(=C/C)N1CC(/C=C/c2ccc3c(n2)C=CCC3)N=C1C(=C)NCCCCC. The van der Waals surface area contributed by atoms with Crippen molar-refractivity contribution in [2.24, 2.45) is 4.99 Å². The van der Waals surface area contributed by atoms with Crippen molar-refractivity contribution < 1.29 is 4.74 Å². The second-order valence-electron chi connectivity index (χ2n) is 13.7. The first kappa shape index (κ1) is 36.6. The molecule has 2 aliphatic heterocycles. The van der Waals surface area contributed by atoms with Crippen LogP contribution < -0.4 is 5.32 Å². The summed E-state index contributed by atoms with van der Waals surface area (Å²) in [5, 5.41) is 3.55. The monoisotopic (exact) mass is 650 g/mol. The lowest BCUT2D eigenvalue weighted by atomic mass is 10.0. The fourth-order valence-electron chi connectivity index (χ4n) is 6.18. The van der Waals surface area contributed by atoms with Gasteiger partial charge in [-0.2, -0.15) is 0 Å². The van der Waals surface area contributed by atoms with Gasteiger partial charge in [-0.15, -0.1) is 0 Å². The predicted octanol–water partition coefficient (Wildman–Crippen LogP) is 8.25. The Morgan fingerprint density at radius 2 is 1.83 bits per heavy atom. The first-order valence-electron chi connectivity index (χ1n) is 17.7. The van der Waals surface area contributed by atoms with Crippen LogP contribution in [-0.4, -0.2) is 76.4 Å². The molecule has 0 spiro atoms. The molecule has 0 aromatic carbocycles. The number of nitrogens with zero attached hydrogens (tertiary/aromatic N) is 5. The number of hydrogen-bond acceptors (Lipinski definition) is 7. The summed E-state index contributed by atoms with van der Waals surface area (Å²) in [6.07, 6.45) is 22.7. The van der Waals surface area contributed by atoms with Crippen molar-refractivity contribution in [2.75, 3.05) is 39.3 Å². The van der Waals surface area contributed by atoms with E-state index in [0.29, 0.717) is 6.54 Å². The summed E-state index contributed by atoms with van der Waals surface area (Å²) >= 11 is 0. The average molecular weight is 651 g/mol. The van der Waals surface area contributed by atoms with Crippen molar-refractivity contribution in [1.82, 2.24) is 25.0 Å². The highest BCUT2D eigenvalue weighted by Crippen LogP contribution is 2.27. The van der Waals surface area contributed by atoms with Crippen LogP contribution in [0.1, 0.15) is 84.2 Å². The normalized spacial score (nSPS) is 19.0. The molecular weight excluding hydrogens is 592 g/mol. The van der Waals surface area contributed by atoms with Gasteiger partial charge in [0.25, 0.3) is 0 Å². The number of nitrogens with one attached hydrogen (secondary N) is 1. The lowest BCUT2D eigenvalue weighted by Crippen LogP contribution is -2.45. The number of aliphatic imine (C=N–C) groups is 1. The number of rotatable bonds is 15. The number of aryl methyl sites for hydroxylation is 1. The van der Waals surface area contributed by atoms with Crippen molar-refractivity contribution in [1.29, 1.82) is 0 Å². The standard InChI is InChI=1S/C41H58N6O/c1-10-13-16-25-42-32(5)40-44-37(24-23-36-22-21-35-17-14-15-18-38(35)43-36)30-47(40)39(12-3)34(11-2)20-19-31(4)45-26-28-46(29-27-45)33(6)48-41(7,8)9/h11-12,15,18-24,37,42H,2,5-6,10,13-14,16-17,25-30H2,1,3-4,7-9H3/b24-23+,31-19+,34-20+,39-12-. The van der Waals surface area contributed by atoms with Crippen LogP contribution in [0.5, 0.6) is 0 Å². The van der Waals surface area contributed by atoms with Crippen LogP contribution in [0.2, 0.25) is 0 Å². The van der Waals surface area contributed by atoms with Gasteiger partial charge in [0.2, 0.25) is 0 Å². The molecule has 0 radical (unpaired) electrons. The van der Waals surface area contributed by atoms with E-state index in [-0.39, 0.29) is 11.6 Å². The Morgan fingerprint density at radius 3 is 2.52 bits per heavy atom. The Balaban J connectivity index is 1.49. The molecule has 1 aromatic rings. The number of piperazine rings is 1. The highest BCUT2D eigenvalue weighted by atomic mass is 16.5. The molecule has 4 rings (SSSR count). The van der Waals surface area contributed by atoms with Crippen LogP contribution in [0.15, 0.2) is 102 Å². The molecule has 0 amide bonds. The number of allylic oxidation sites excluding steroid dienone is 6. The molecule has 3 aliphatic rings. The maximum atomic E-state index is 6.01. The highest BCUT2D eigenvalue weighted by Gasteiger charge is 2.29. The number of hydrogen-bond donors (Lipinski definition) is 1. The zero-order chi connectivity index (χ0) is 34.7. The summed E-state index contributed by atoms with van der Waals surface area (Å²) in [6.45, 7) is 30.6. The van der Waals surface area contributed by atoms with E-state index in [1.807, 2.05) is 6.08 Å². The summed E-state index contributed by atoms with van der Waals surface area (Å²) in [4.78, 5) is 17.0. The van der Waals surface area contributed by atoms with Gasteiger partial charge in [0.1, 0.15) is 5.60 Å². The average Bonchev–Trinajstić information content (AvgIpc) is 3.50. The van der Waals surface area contributed by atoms with Crippen molar-refractivity contribution in [2.45, 2.75) is 85.3 Å². The number of fused-ring (bicyclic) bond motifs is 1. The quantitative estimate of drug-likeness (QED) is 0.117. The zero-order valence-electron chi connectivity index (χ0n) is 30.4. The van der Waals surface area contributed by atoms with E-state index in [2.05, 4.69) is 136 Å². The number of unbranched alkanes of at least 4 members (excludes halogenated alkanes) is 2. The molecule has 0 bridgehead atoms. The van der Waals surface area contributed by atoms with Crippen LogP contribution in [0, 0.1) is 0 Å². The Labute approximate surface area is 290 Å². The van der Waals surface area contributed by atoms with Crippen LogP contribution in [0.4, 0.5) is 0 Å². The topological polar surface area (TPSA) is 56.2 Å². The lowest BCUT2D eigenvalue weighted by molar-refractivity contribution is -0.00703. The van der Waals surface area contributed by atoms with Gasteiger partial charge in [-0.25, -0.2) is 4.98 Å². The minimum absolute atomic E-state index is 0.0332. The molecule has 1 aromatic heterocycles. The third-order valence-electron chi connectivity index (χ3n) is 8.82. The van der Waals surface area contributed by atoms with E-state index < -0.39 is 0 Å². The minimum Gasteiger partial charge on any atom is -0.474 e. The number of ether oxygens (including phenoxy) is 1. The molecule has 3 heterocycles. The highest BCUT2D eigenvalue weighted by molar-refractivity contribution is 6.00. The smallest absolute Gasteiger partial charge is 0.182 e. The van der Waals surface area contributed by atoms with Gasteiger partial charge in [-0.3, -0.25) is 4.99 Å². The first-order valence-corrected chi connectivity index (χ1v) is 17.7. The van der Waals surface area contributed by atoms with Crippen molar-refractivity contribution in [3.63, 3.8) is 0 Å². The van der Waals surface area contributed by atoms with Gasteiger partial charge >= 0.3 is 0 Å². The molecular formula is C41H58N6O. The first-order chi connectivity index (χ1) is 23.0. The summed E-state index contributed by atoms with van der Waals surface area (Å²) in [7, 11) is 0. The Hall–Kier alpha value is -4.26. The fourth-order valence-corrected chi connectivity index (χ4v) is 6.18. The van der Waals surface area contributed by atoms with E-state index in [0.717, 1.165) is 92.1 Å². The maximum absolute atomic E-state index is 6.01. The third-order valence-corrected chi connectivity index (χ3v) is 8.82. The Bertz CT molecular complexity index is 1490. The van der Waals surface area contributed by atoms with Gasteiger partial charge < -0.3 is 24.8 Å². The summed E-state index contributed by atoms with van der Waals surface area (Å²) in [6, 6.07) is 4.28. The summed E-state index contributed by atoms with van der Waals surface area (Å²) in [5.74, 6) is 1.63. The van der Waals surface area contributed by atoms with Gasteiger partial charge in [0.15, 0.2) is 11.7 Å². The molecule has 7 nitrogen and oxygen atoms in total. The van der Waals surface area contributed by atoms with E-state index in [1.54, 1.807) is 0 Å². The molecule has 1 unspecified atom stereocenters. The molecule has 258 valence electrons. The van der Waals surface area contributed by atoms with Crippen molar-refractivity contribution in [3.8, 4) is 0 Å². The van der Waals surface area contributed by atoms with Gasteiger partial charge in [0, 0.05) is 44.1 Å². The molecule has 48 heavy (non-hydrogen) atoms. The molecule has 1 saturated heterocycles. The van der Waals surface area contributed by atoms with Crippen LogP contribution in [0.25, 0.3) is 12.2 Å². The summed E-state index contributed by atoms with van der Waals surface area (Å²) in [5.41, 5.74) is 7.28. The molecule has 7 heteroatoms. The van der Waals surface area contributed by atoms with Crippen molar-refractivity contribution in [3.05, 3.63) is 114 Å². The Kier molecular flexibility index (Phi) is 13.1. The van der Waals surface area contributed by atoms with Gasteiger partial charge in [-0.05, 0) is 95.9 Å². The molecule has 1 aliphatic carbocycles. The molecule has 1 N–H and O–H groups in total. The molecule has 1 atom stereocenters. The zero-order valence-corrected chi connectivity index (χ0v) is 30.4. The van der Waals surface area contributed by atoms with Crippen molar-refractivity contribution >= 4 is 18.0 Å². The van der Waals surface area contributed by atoms with Crippen LogP contribution >= 0.6 is 0 Å². The third kappa shape index (κ3) is 10.1. The minimum atomic E-state index is -0.245. The van der Waals surface area contributed by atoms with Gasteiger partial charge in [-0.1, -0.05) is 69.4 Å². The lowest BCUT2D eigenvalue weighted by Gasteiger charge is -2.39. The molecule has 0 saturated carbocycles. The van der Waals surface area contributed by atoms with E-state index in [4.69, 9.17) is 14.7 Å². The second-order valence-corrected chi connectivity index (χ2v) is 13.7. The van der Waals surface area contributed by atoms with Crippen LogP contribution in [0.3, 0.4) is 0 Å². The summed E-state index contributed by atoms with van der Waals surface area (Å²) < 4.78 is 6.01. The number of pyridine rings is 1. The predicted molar refractivity (Wildman–Crippen MR) is 204 cm³/mol. The second kappa shape index (κ2) is 17.2. The van der Waals surface area contributed by atoms with Crippen LogP contribution in [-0.2, 0) is 11.2 Å². The van der Waals surface area contributed by atoms with E-state index in [1.165, 1.54) is 24.1 Å². The molecule has 1 fully saturated rings. The number of aromatic nitrogens is 1. The Morgan fingerprint density at radius 1 is 1.08 bits per heavy atom. The number of amidine groups is 1. The van der Waals surface area contributed by atoms with Gasteiger partial charge in [0.05, 0.1) is 29.7 Å². The maximum Gasteiger partial charge on any atom is 0.182 e. The van der Waals surface area contributed by atoms with E-state index in [9.17, 15) is 0 Å².